The zero-order valence-corrected chi connectivity index (χ0v) is 14.2. The molecule has 0 radical (unpaired) electrons. The lowest BCUT2D eigenvalue weighted by molar-refractivity contribution is -0.121. The van der Waals surface area contributed by atoms with Crippen molar-refractivity contribution < 1.29 is 18.8 Å². The molecule has 2 aromatic rings. The SMILES string of the molecule is O=C(CN1C(=O)c2ccccc2C1=O)NCCCCc1ccccc1F. The summed E-state index contributed by atoms with van der Waals surface area (Å²) in [6.45, 7) is 0.121. The molecule has 1 aliphatic rings. The van der Waals surface area contributed by atoms with Crippen molar-refractivity contribution in [2.24, 2.45) is 0 Å². The van der Waals surface area contributed by atoms with Crippen LogP contribution >= 0.6 is 0 Å². The van der Waals surface area contributed by atoms with Gasteiger partial charge < -0.3 is 5.32 Å². The summed E-state index contributed by atoms with van der Waals surface area (Å²) in [5.41, 5.74) is 1.32. The number of halogens is 1. The molecule has 0 atom stereocenters. The lowest BCUT2D eigenvalue weighted by Crippen LogP contribution is -2.40. The van der Waals surface area contributed by atoms with Gasteiger partial charge in [-0.1, -0.05) is 30.3 Å². The number of amides is 3. The van der Waals surface area contributed by atoms with Crippen molar-refractivity contribution in [3.8, 4) is 0 Å². The van der Waals surface area contributed by atoms with Crippen LogP contribution in [0, 0.1) is 5.82 Å². The molecule has 6 heteroatoms. The zero-order chi connectivity index (χ0) is 18.5. The van der Waals surface area contributed by atoms with Gasteiger partial charge >= 0.3 is 0 Å². The maximum atomic E-state index is 13.5. The molecule has 3 amide bonds. The Morgan fingerprint density at radius 1 is 0.923 bits per heavy atom. The average Bonchev–Trinajstić information content (AvgIpc) is 2.88. The number of hydrogen-bond acceptors (Lipinski definition) is 3. The minimum absolute atomic E-state index is 0.220. The second kappa shape index (κ2) is 7.91. The molecule has 1 aliphatic heterocycles. The Morgan fingerprint density at radius 3 is 2.19 bits per heavy atom. The van der Waals surface area contributed by atoms with Crippen LogP contribution in [0.2, 0.25) is 0 Å². The molecule has 0 saturated carbocycles. The smallest absolute Gasteiger partial charge is 0.262 e. The Bertz CT molecular complexity index is 815. The van der Waals surface area contributed by atoms with Crippen molar-refractivity contribution in [3.63, 3.8) is 0 Å². The molecular formula is C20H19FN2O3. The summed E-state index contributed by atoms with van der Waals surface area (Å²) < 4.78 is 13.5. The second-order valence-electron chi connectivity index (χ2n) is 6.14. The highest BCUT2D eigenvalue weighted by Crippen LogP contribution is 2.21. The third kappa shape index (κ3) is 3.79. The quantitative estimate of drug-likeness (QED) is 0.614. The maximum Gasteiger partial charge on any atom is 0.262 e. The van der Waals surface area contributed by atoms with E-state index in [9.17, 15) is 18.8 Å². The van der Waals surface area contributed by atoms with Crippen molar-refractivity contribution in [3.05, 3.63) is 71.0 Å². The highest BCUT2D eigenvalue weighted by atomic mass is 19.1. The van der Waals surface area contributed by atoms with Gasteiger partial charge in [0.15, 0.2) is 0 Å². The fourth-order valence-electron chi connectivity index (χ4n) is 2.95. The summed E-state index contributed by atoms with van der Waals surface area (Å²) in [5, 5.41) is 2.70. The third-order valence-electron chi connectivity index (χ3n) is 4.33. The highest BCUT2D eigenvalue weighted by molar-refractivity contribution is 6.22. The maximum absolute atomic E-state index is 13.5. The van der Waals surface area contributed by atoms with Crippen LogP contribution in [0.5, 0.6) is 0 Å². The van der Waals surface area contributed by atoms with Crippen molar-refractivity contribution >= 4 is 17.7 Å². The van der Waals surface area contributed by atoms with Crippen molar-refractivity contribution in [1.82, 2.24) is 10.2 Å². The number of carbonyl (C=O) groups is 3. The first-order chi connectivity index (χ1) is 12.6. The van der Waals surface area contributed by atoms with Gasteiger partial charge in [0.05, 0.1) is 11.1 Å². The minimum atomic E-state index is -0.444. The van der Waals surface area contributed by atoms with Gasteiger partial charge in [-0.2, -0.15) is 0 Å². The molecule has 0 bridgehead atoms. The Balaban J connectivity index is 1.42. The van der Waals surface area contributed by atoms with Gasteiger partial charge in [-0.05, 0) is 43.0 Å². The Hall–Kier alpha value is -3.02. The van der Waals surface area contributed by atoms with Gasteiger partial charge in [0, 0.05) is 6.54 Å². The largest absolute Gasteiger partial charge is 0.355 e. The van der Waals surface area contributed by atoms with Crippen molar-refractivity contribution in [2.45, 2.75) is 19.3 Å². The van der Waals surface area contributed by atoms with Crippen LogP contribution in [0.15, 0.2) is 48.5 Å². The summed E-state index contributed by atoms with van der Waals surface area (Å²) in [4.78, 5) is 37.4. The minimum Gasteiger partial charge on any atom is -0.355 e. The Morgan fingerprint density at radius 2 is 1.54 bits per heavy atom. The summed E-state index contributed by atoms with van der Waals surface area (Å²) >= 11 is 0. The summed E-state index contributed by atoms with van der Waals surface area (Å²) in [6.07, 6.45) is 2.01. The van der Waals surface area contributed by atoms with E-state index in [2.05, 4.69) is 5.32 Å². The summed E-state index contributed by atoms with van der Waals surface area (Å²) in [6, 6.07) is 13.1. The second-order valence-corrected chi connectivity index (χ2v) is 6.14. The van der Waals surface area contributed by atoms with Gasteiger partial charge in [-0.25, -0.2) is 4.39 Å². The number of nitrogens with zero attached hydrogens (tertiary/aromatic N) is 1. The van der Waals surface area contributed by atoms with E-state index in [1.807, 2.05) is 0 Å². The molecule has 0 aromatic heterocycles. The number of carbonyl (C=O) groups excluding carboxylic acids is 3. The number of benzene rings is 2. The highest BCUT2D eigenvalue weighted by Gasteiger charge is 2.36. The predicted octanol–water partition coefficient (Wildman–Crippen LogP) is 2.56. The molecule has 0 saturated heterocycles. The fraction of sp³-hybridized carbons (Fsp3) is 0.250. The molecule has 5 nitrogen and oxygen atoms in total. The standard InChI is InChI=1S/C20H19FN2O3/c21-17-11-4-1-7-14(17)8-5-6-12-22-18(24)13-23-19(25)15-9-2-3-10-16(15)20(23)26/h1-4,7,9-11H,5-6,8,12-13H2,(H,22,24). The summed E-state index contributed by atoms with van der Waals surface area (Å²) in [5.74, 6) is -1.49. The molecule has 0 spiro atoms. The summed E-state index contributed by atoms with van der Waals surface area (Å²) in [7, 11) is 0. The number of hydrogen-bond donors (Lipinski definition) is 1. The van der Waals surface area contributed by atoms with E-state index in [0.717, 1.165) is 11.3 Å². The number of aryl methyl sites for hydroxylation is 1. The topological polar surface area (TPSA) is 66.5 Å². The number of nitrogens with one attached hydrogen (secondary N) is 1. The third-order valence-corrected chi connectivity index (χ3v) is 4.33. The van der Waals surface area contributed by atoms with E-state index in [4.69, 9.17) is 0 Å². The molecule has 0 fully saturated rings. The first kappa shape index (κ1) is 17.8. The molecule has 0 unspecified atom stereocenters. The molecule has 134 valence electrons. The number of rotatable bonds is 7. The van der Waals surface area contributed by atoms with Crippen LogP contribution in [0.1, 0.15) is 39.1 Å². The van der Waals surface area contributed by atoms with Gasteiger partial charge in [-0.3, -0.25) is 19.3 Å². The first-order valence-electron chi connectivity index (χ1n) is 8.53. The van der Waals surface area contributed by atoms with Crippen LogP contribution in [-0.2, 0) is 11.2 Å². The molecule has 26 heavy (non-hydrogen) atoms. The Labute approximate surface area is 150 Å². The molecule has 1 heterocycles. The lowest BCUT2D eigenvalue weighted by Gasteiger charge is -2.13. The van der Waals surface area contributed by atoms with Gasteiger partial charge in [0.1, 0.15) is 12.4 Å². The van der Waals surface area contributed by atoms with E-state index >= 15 is 0 Å². The zero-order valence-electron chi connectivity index (χ0n) is 14.2. The van der Waals surface area contributed by atoms with E-state index < -0.39 is 11.8 Å². The number of unbranched alkanes of at least 4 members (excludes halogenated alkanes) is 1. The first-order valence-corrected chi connectivity index (χ1v) is 8.53. The van der Waals surface area contributed by atoms with Gasteiger partial charge in [-0.15, -0.1) is 0 Å². The van der Waals surface area contributed by atoms with Crippen LogP contribution in [-0.4, -0.2) is 35.7 Å². The van der Waals surface area contributed by atoms with Crippen molar-refractivity contribution in [2.75, 3.05) is 13.1 Å². The van der Waals surface area contributed by atoms with Gasteiger partial charge in [0.2, 0.25) is 5.91 Å². The van der Waals surface area contributed by atoms with E-state index in [1.54, 1.807) is 42.5 Å². The van der Waals surface area contributed by atoms with E-state index in [1.165, 1.54) is 6.07 Å². The number of fused-ring (bicyclic) bond motifs is 1. The van der Waals surface area contributed by atoms with Crippen LogP contribution < -0.4 is 5.32 Å². The van der Waals surface area contributed by atoms with Gasteiger partial charge in [0.25, 0.3) is 11.8 Å². The molecular weight excluding hydrogens is 335 g/mol. The van der Waals surface area contributed by atoms with Crippen molar-refractivity contribution in [1.29, 1.82) is 0 Å². The molecule has 1 N–H and O–H groups in total. The molecule has 2 aromatic carbocycles. The average molecular weight is 354 g/mol. The molecule has 0 aliphatic carbocycles. The molecule has 3 rings (SSSR count). The van der Waals surface area contributed by atoms with Crippen LogP contribution in [0.3, 0.4) is 0 Å². The fourth-order valence-corrected chi connectivity index (χ4v) is 2.95. The van der Waals surface area contributed by atoms with Crippen LogP contribution in [0.25, 0.3) is 0 Å². The monoisotopic (exact) mass is 354 g/mol. The predicted molar refractivity (Wildman–Crippen MR) is 94.2 cm³/mol. The Kier molecular flexibility index (Phi) is 5.41. The van der Waals surface area contributed by atoms with Crippen LogP contribution in [0.4, 0.5) is 4.39 Å². The van der Waals surface area contributed by atoms with E-state index in [0.29, 0.717) is 36.1 Å². The normalized spacial score (nSPS) is 13.0. The number of imide groups is 1. The lowest BCUT2D eigenvalue weighted by atomic mass is 10.1. The van der Waals surface area contributed by atoms with E-state index in [-0.39, 0.29) is 18.3 Å².